The van der Waals surface area contributed by atoms with E-state index in [4.69, 9.17) is 0 Å². The van der Waals surface area contributed by atoms with Gasteiger partial charge in [-0.15, -0.1) is 0 Å². The highest BCUT2D eigenvalue weighted by molar-refractivity contribution is 9.09. The van der Waals surface area contributed by atoms with Crippen LogP contribution in [0.1, 0.15) is 20.8 Å². The molecule has 0 saturated carbocycles. The number of halogens is 1. The molecule has 1 aromatic heterocycles. The Kier molecular flexibility index (Phi) is 4.46. The Balaban J connectivity index is 2.26. The highest BCUT2D eigenvalue weighted by atomic mass is 79.9. The van der Waals surface area contributed by atoms with Crippen molar-refractivity contribution in [3.05, 3.63) is 42.7 Å². The van der Waals surface area contributed by atoms with Gasteiger partial charge in [0.25, 0.3) is 0 Å². The molecule has 2 rings (SSSR count). The van der Waals surface area contributed by atoms with E-state index in [-0.39, 0.29) is 5.41 Å². The summed E-state index contributed by atoms with van der Waals surface area (Å²) in [6.07, 6.45) is 3.96. The molecule has 0 amide bonds. The molecule has 0 spiro atoms. The van der Waals surface area contributed by atoms with E-state index in [0.29, 0.717) is 5.92 Å². The standard InChI is InChI=1S/C16H21BrN2/c1-16(2,3)14(11-17)12-19-10-9-18-15(19)13-7-5-4-6-8-13/h4-10,14H,11-12H2,1-3H3. The monoisotopic (exact) mass is 320 g/mol. The van der Waals surface area contributed by atoms with Crippen LogP contribution in [0.3, 0.4) is 0 Å². The Labute approximate surface area is 124 Å². The van der Waals surface area contributed by atoms with Gasteiger partial charge < -0.3 is 4.57 Å². The van der Waals surface area contributed by atoms with E-state index in [0.717, 1.165) is 17.7 Å². The lowest BCUT2D eigenvalue weighted by molar-refractivity contribution is 0.240. The van der Waals surface area contributed by atoms with Crippen LogP contribution >= 0.6 is 15.9 Å². The minimum Gasteiger partial charge on any atom is -0.331 e. The predicted molar refractivity (Wildman–Crippen MR) is 84.4 cm³/mol. The number of alkyl halides is 1. The SMILES string of the molecule is CC(C)(C)C(CBr)Cn1ccnc1-c1ccccc1. The predicted octanol–water partition coefficient (Wildman–Crippen LogP) is 4.61. The quantitative estimate of drug-likeness (QED) is 0.752. The number of nitrogens with zero attached hydrogens (tertiary/aromatic N) is 2. The molecule has 0 saturated heterocycles. The molecular formula is C16H21BrN2. The zero-order valence-electron chi connectivity index (χ0n) is 11.8. The third-order valence-electron chi connectivity index (χ3n) is 3.58. The topological polar surface area (TPSA) is 17.8 Å². The number of benzene rings is 1. The Morgan fingerprint density at radius 2 is 1.89 bits per heavy atom. The average molecular weight is 321 g/mol. The molecule has 0 aliphatic heterocycles. The molecular weight excluding hydrogens is 300 g/mol. The molecule has 3 heteroatoms. The van der Waals surface area contributed by atoms with Crippen molar-refractivity contribution in [2.45, 2.75) is 27.3 Å². The summed E-state index contributed by atoms with van der Waals surface area (Å²) < 4.78 is 2.26. The van der Waals surface area contributed by atoms with Crippen LogP contribution in [-0.4, -0.2) is 14.9 Å². The minimum atomic E-state index is 0.279. The number of rotatable bonds is 4. The summed E-state index contributed by atoms with van der Waals surface area (Å²) in [6, 6.07) is 10.4. The highest BCUT2D eigenvalue weighted by Gasteiger charge is 2.24. The number of aromatic nitrogens is 2. The fourth-order valence-corrected chi connectivity index (χ4v) is 3.27. The first-order valence-electron chi connectivity index (χ1n) is 6.65. The zero-order valence-corrected chi connectivity index (χ0v) is 13.4. The van der Waals surface area contributed by atoms with Crippen LogP contribution in [-0.2, 0) is 6.54 Å². The van der Waals surface area contributed by atoms with Gasteiger partial charge in [0.05, 0.1) is 0 Å². The third kappa shape index (κ3) is 3.47. The molecule has 0 aliphatic carbocycles. The van der Waals surface area contributed by atoms with Crippen molar-refractivity contribution >= 4 is 15.9 Å². The van der Waals surface area contributed by atoms with Crippen molar-refractivity contribution in [3.63, 3.8) is 0 Å². The molecule has 2 aromatic rings. The van der Waals surface area contributed by atoms with E-state index >= 15 is 0 Å². The largest absolute Gasteiger partial charge is 0.331 e. The second kappa shape index (κ2) is 5.91. The van der Waals surface area contributed by atoms with Gasteiger partial charge in [0.1, 0.15) is 5.82 Å². The van der Waals surface area contributed by atoms with E-state index in [9.17, 15) is 0 Å². The summed E-state index contributed by atoms with van der Waals surface area (Å²) in [7, 11) is 0. The van der Waals surface area contributed by atoms with E-state index in [1.807, 2.05) is 12.3 Å². The third-order valence-corrected chi connectivity index (χ3v) is 4.36. The van der Waals surface area contributed by atoms with E-state index in [1.165, 1.54) is 5.56 Å². The summed E-state index contributed by atoms with van der Waals surface area (Å²) in [6.45, 7) is 7.85. The molecule has 1 atom stereocenters. The van der Waals surface area contributed by atoms with Crippen LogP contribution in [0, 0.1) is 11.3 Å². The van der Waals surface area contributed by atoms with Gasteiger partial charge in [-0.05, 0) is 11.3 Å². The molecule has 0 N–H and O–H groups in total. The Bertz CT molecular complexity index is 511. The van der Waals surface area contributed by atoms with Crippen LogP contribution in [0.4, 0.5) is 0 Å². The van der Waals surface area contributed by atoms with Crippen molar-refractivity contribution in [3.8, 4) is 11.4 Å². The van der Waals surface area contributed by atoms with Crippen molar-refractivity contribution in [1.82, 2.24) is 9.55 Å². The van der Waals surface area contributed by atoms with Crippen molar-refractivity contribution in [2.75, 3.05) is 5.33 Å². The molecule has 102 valence electrons. The van der Waals surface area contributed by atoms with Crippen LogP contribution < -0.4 is 0 Å². The second-order valence-electron chi connectivity index (χ2n) is 5.99. The van der Waals surface area contributed by atoms with E-state index in [2.05, 4.69) is 76.7 Å². The zero-order chi connectivity index (χ0) is 13.9. The number of hydrogen-bond donors (Lipinski definition) is 0. The van der Waals surface area contributed by atoms with Gasteiger partial charge >= 0.3 is 0 Å². The highest BCUT2D eigenvalue weighted by Crippen LogP contribution is 2.30. The fraction of sp³-hybridized carbons (Fsp3) is 0.438. The Hall–Kier alpha value is -1.09. The van der Waals surface area contributed by atoms with Crippen LogP contribution in [0.2, 0.25) is 0 Å². The second-order valence-corrected chi connectivity index (χ2v) is 6.63. The van der Waals surface area contributed by atoms with Crippen LogP contribution in [0.25, 0.3) is 11.4 Å². The molecule has 1 aromatic carbocycles. The van der Waals surface area contributed by atoms with Gasteiger partial charge in [0.15, 0.2) is 0 Å². The van der Waals surface area contributed by atoms with Gasteiger partial charge in [-0.1, -0.05) is 67.0 Å². The van der Waals surface area contributed by atoms with Crippen LogP contribution in [0.5, 0.6) is 0 Å². The Morgan fingerprint density at radius 1 is 1.21 bits per heavy atom. The maximum Gasteiger partial charge on any atom is 0.139 e. The smallest absolute Gasteiger partial charge is 0.139 e. The summed E-state index contributed by atoms with van der Waals surface area (Å²) >= 11 is 3.64. The number of hydrogen-bond acceptors (Lipinski definition) is 1. The first-order valence-corrected chi connectivity index (χ1v) is 7.77. The van der Waals surface area contributed by atoms with Crippen molar-refractivity contribution in [2.24, 2.45) is 11.3 Å². The van der Waals surface area contributed by atoms with Gasteiger partial charge in [0.2, 0.25) is 0 Å². The maximum atomic E-state index is 4.50. The average Bonchev–Trinajstić information content (AvgIpc) is 2.83. The Morgan fingerprint density at radius 3 is 2.47 bits per heavy atom. The van der Waals surface area contributed by atoms with E-state index < -0.39 is 0 Å². The summed E-state index contributed by atoms with van der Waals surface area (Å²) in [5.41, 5.74) is 1.46. The molecule has 19 heavy (non-hydrogen) atoms. The van der Waals surface area contributed by atoms with Crippen molar-refractivity contribution < 1.29 is 0 Å². The van der Waals surface area contributed by atoms with Gasteiger partial charge in [-0.2, -0.15) is 0 Å². The lowest BCUT2D eigenvalue weighted by atomic mass is 9.82. The van der Waals surface area contributed by atoms with Gasteiger partial charge in [0, 0.05) is 29.8 Å². The first kappa shape index (κ1) is 14.3. The molecule has 0 aliphatic rings. The molecule has 0 radical (unpaired) electrons. The first-order chi connectivity index (χ1) is 9.02. The van der Waals surface area contributed by atoms with Gasteiger partial charge in [-0.25, -0.2) is 4.98 Å². The number of imidazole rings is 1. The summed E-state index contributed by atoms with van der Waals surface area (Å²) in [5, 5.41) is 1.00. The summed E-state index contributed by atoms with van der Waals surface area (Å²) in [5.74, 6) is 1.62. The minimum absolute atomic E-state index is 0.279. The molecule has 1 unspecified atom stereocenters. The molecule has 0 bridgehead atoms. The van der Waals surface area contributed by atoms with Gasteiger partial charge in [-0.3, -0.25) is 0 Å². The lowest BCUT2D eigenvalue weighted by Gasteiger charge is -2.30. The van der Waals surface area contributed by atoms with Crippen molar-refractivity contribution in [1.29, 1.82) is 0 Å². The fourth-order valence-electron chi connectivity index (χ4n) is 2.10. The van der Waals surface area contributed by atoms with E-state index in [1.54, 1.807) is 0 Å². The normalized spacial score (nSPS) is 13.5. The summed E-state index contributed by atoms with van der Waals surface area (Å²) in [4.78, 5) is 4.50. The van der Waals surface area contributed by atoms with Crippen LogP contribution in [0.15, 0.2) is 42.7 Å². The molecule has 2 nitrogen and oxygen atoms in total. The molecule has 0 fully saturated rings. The maximum absolute atomic E-state index is 4.50. The molecule has 1 heterocycles. The lowest BCUT2D eigenvalue weighted by Crippen LogP contribution is -2.26.